The lowest BCUT2D eigenvalue weighted by atomic mass is 10.1. The van der Waals surface area contributed by atoms with E-state index in [1.165, 1.54) is 32.1 Å². The predicted molar refractivity (Wildman–Crippen MR) is 109 cm³/mol. The number of cyclic esters (lactones) is 1. The molecule has 2 atom stereocenters. The molecule has 166 valence electrons. The third-order valence-corrected chi connectivity index (χ3v) is 4.82. The Hall–Kier alpha value is -1.86. The van der Waals surface area contributed by atoms with Crippen molar-refractivity contribution >= 4 is 11.9 Å². The number of aliphatic hydroxyl groups excluding tert-OH is 3. The fourth-order valence-corrected chi connectivity index (χ4v) is 3.08. The van der Waals surface area contributed by atoms with E-state index in [1.807, 2.05) is 0 Å². The molecule has 7 heteroatoms. The highest BCUT2D eigenvalue weighted by Gasteiger charge is 2.41. The number of rotatable bonds is 16. The van der Waals surface area contributed by atoms with Crippen LogP contribution in [0.5, 0.6) is 0 Å². The van der Waals surface area contributed by atoms with Gasteiger partial charge < -0.3 is 24.8 Å². The number of carbonyl (C=O) groups excluding carboxylic acids is 2. The van der Waals surface area contributed by atoms with Crippen molar-refractivity contribution in [3.63, 3.8) is 0 Å². The van der Waals surface area contributed by atoms with Crippen molar-refractivity contribution in [2.75, 3.05) is 6.61 Å². The van der Waals surface area contributed by atoms with Crippen LogP contribution in [0.4, 0.5) is 0 Å². The normalized spacial score (nSPS) is 17.8. The topological polar surface area (TPSA) is 113 Å². The van der Waals surface area contributed by atoms with Crippen LogP contribution in [0.25, 0.3) is 0 Å². The zero-order valence-electron chi connectivity index (χ0n) is 17.5. The number of aliphatic hydroxyl groups is 3. The quantitative estimate of drug-likeness (QED) is 0.200. The van der Waals surface area contributed by atoms with Crippen LogP contribution in [0.3, 0.4) is 0 Å². The summed E-state index contributed by atoms with van der Waals surface area (Å²) >= 11 is 0. The van der Waals surface area contributed by atoms with E-state index in [4.69, 9.17) is 14.6 Å². The van der Waals surface area contributed by atoms with Gasteiger partial charge in [0.15, 0.2) is 6.10 Å². The second kappa shape index (κ2) is 15.0. The molecule has 3 N–H and O–H groups in total. The molecule has 0 spiro atoms. The lowest BCUT2D eigenvalue weighted by molar-refractivity contribution is -0.151. The molecule has 7 nitrogen and oxygen atoms in total. The van der Waals surface area contributed by atoms with Gasteiger partial charge in [-0.05, 0) is 32.1 Å². The lowest BCUT2D eigenvalue weighted by Crippen LogP contribution is -2.33. The van der Waals surface area contributed by atoms with Gasteiger partial charge in [0.05, 0.1) is 6.61 Å². The highest BCUT2D eigenvalue weighted by atomic mass is 16.6. The van der Waals surface area contributed by atoms with Crippen molar-refractivity contribution in [1.29, 1.82) is 0 Å². The zero-order chi connectivity index (χ0) is 21.5. The number of esters is 2. The van der Waals surface area contributed by atoms with E-state index in [9.17, 15) is 19.8 Å². The van der Waals surface area contributed by atoms with Crippen LogP contribution in [-0.2, 0) is 19.1 Å². The number of unbranched alkanes of at least 4 members (excludes halogenated alkanes) is 9. The summed E-state index contributed by atoms with van der Waals surface area (Å²) in [6.45, 7) is 1.52. The van der Waals surface area contributed by atoms with Crippen LogP contribution in [0.15, 0.2) is 23.7 Å². The first-order valence-corrected chi connectivity index (χ1v) is 10.8. The molecular weight excluding hydrogens is 376 g/mol. The van der Waals surface area contributed by atoms with Gasteiger partial charge >= 0.3 is 11.9 Å². The van der Waals surface area contributed by atoms with Crippen LogP contribution >= 0.6 is 0 Å². The monoisotopic (exact) mass is 412 g/mol. The largest absolute Gasteiger partial charge is 0.499 e. The molecule has 29 heavy (non-hydrogen) atoms. The summed E-state index contributed by atoms with van der Waals surface area (Å²) in [6.07, 6.45) is 14.1. The number of allylic oxidation sites excluding steroid dienone is 2. The van der Waals surface area contributed by atoms with E-state index in [0.29, 0.717) is 6.42 Å². The van der Waals surface area contributed by atoms with Gasteiger partial charge in [0.1, 0.15) is 6.10 Å². The maximum atomic E-state index is 11.9. The van der Waals surface area contributed by atoms with Gasteiger partial charge in [-0.15, -0.1) is 0 Å². The number of hydrogen-bond acceptors (Lipinski definition) is 7. The van der Waals surface area contributed by atoms with Gasteiger partial charge in [0.25, 0.3) is 0 Å². The van der Waals surface area contributed by atoms with Crippen molar-refractivity contribution < 1.29 is 34.4 Å². The van der Waals surface area contributed by atoms with Gasteiger partial charge in [0.2, 0.25) is 11.5 Å². The summed E-state index contributed by atoms with van der Waals surface area (Å²) in [4.78, 5) is 23.3. The molecule has 0 aliphatic carbocycles. The van der Waals surface area contributed by atoms with Crippen molar-refractivity contribution in [3.8, 4) is 0 Å². The molecule has 0 fully saturated rings. The molecule has 1 aliphatic heterocycles. The van der Waals surface area contributed by atoms with Gasteiger partial charge in [-0.3, -0.25) is 4.79 Å². The zero-order valence-corrected chi connectivity index (χ0v) is 17.5. The molecule has 0 saturated heterocycles. The Balaban J connectivity index is 2.11. The smallest absolute Gasteiger partial charge is 0.378 e. The molecule has 0 aromatic carbocycles. The number of hydrogen-bond donors (Lipinski definition) is 3. The number of carbonyl (C=O) groups is 2. The van der Waals surface area contributed by atoms with Crippen LogP contribution in [0, 0.1) is 0 Å². The molecule has 0 saturated carbocycles. The van der Waals surface area contributed by atoms with Crippen molar-refractivity contribution in [2.24, 2.45) is 0 Å². The SMILES string of the molecule is CCCCCC/C=C\CCCCCCCC(=O)OC1=C(O)C(=O)O[C@H]1C(O)CO. The van der Waals surface area contributed by atoms with Gasteiger partial charge in [0, 0.05) is 6.42 Å². The molecule has 0 bridgehead atoms. The molecule has 0 radical (unpaired) electrons. The summed E-state index contributed by atoms with van der Waals surface area (Å²) in [5, 5.41) is 28.2. The molecule has 1 heterocycles. The standard InChI is InChI=1S/C22H36O7/c1-2-3-4-5-6-7-8-9-10-11-12-13-14-15-18(25)28-21-19(26)22(27)29-20(21)17(24)16-23/h7-8,17,20,23-24,26H,2-6,9-16H2,1H3/b8-7-/t17?,20-/m0/s1. The van der Waals surface area contributed by atoms with E-state index >= 15 is 0 Å². The van der Waals surface area contributed by atoms with Crippen LogP contribution in [-0.4, -0.2) is 46.1 Å². The Morgan fingerprint density at radius 3 is 2.28 bits per heavy atom. The second-order valence-electron chi connectivity index (χ2n) is 7.39. The summed E-state index contributed by atoms with van der Waals surface area (Å²) in [5.41, 5.74) is 0. The Bertz CT molecular complexity index is 553. The van der Waals surface area contributed by atoms with E-state index in [-0.39, 0.29) is 6.42 Å². The minimum atomic E-state index is -1.46. The average Bonchev–Trinajstić information content (AvgIpc) is 2.99. The molecule has 0 aromatic rings. The van der Waals surface area contributed by atoms with Gasteiger partial charge in [-0.1, -0.05) is 57.6 Å². The van der Waals surface area contributed by atoms with Crippen molar-refractivity contribution in [3.05, 3.63) is 23.7 Å². The number of ether oxygens (including phenoxy) is 2. The summed E-state index contributed by atoms with van der Waals surface area (Å²) < 4.78 is 9.71. The summed E-state index contributed by atoms with van der Waals surface area (Å²) in [7, 11) is 0. The van der Waals surface area contributed by atoms with E-state index < -0.39 is 42.3 Å². The van der Waals surface area contributed by atoms with Crippen molar-refractivity contribution in [1.82, 2.24) is 0 Å². The highest BCUT2D eigenvalue weighted by Crippen LogP contribution is 2.25. The second-order valence-corrected chi connectivity index (χ2v) is 7.39. The van der Waals surface area contributed by atoms with Crippen molar-refractivity contribution in [2.45, 2.75) is 96.2 Å². The van der Waals surface area contributed by atoms with Gasteiger partial charge in [-0.2, -0.15) is 0 Å². The Morgan fingerprint density at radius 1 is 1.07 bits per heavy atom. The lowest BCUT2D eigenvalue weighted by Gasteiger charge is -2.17. The van der Waals surface area contributed by atoms with E-state index in [1.54, 1.807) is 0 Å². The molecule has 1 aliphatic rings. The van der Waals surface area contributed by atoms with E-state index in [0.717, 1.165) is 32.1 Å². The van der Waals surface area contributed by atoms with E-state index in [2.05, 4.69) is 19.1 Å². The Kier molecular flexibility index (Phi) is 13.1. The minimum absolute atomic E-state index is 0.143. The molecular formula is C22H36O7. The van der Waals surface area contributed by atoms with Crippen LogP contribution < -0.4 is 0 Å². The first-order chi connectivity index (χ1) is 14.0. The van der Waals surface area contributed by atoms with Gasteiger partial charge in [-0.25, -0.2) is 4.79 Å². The highest BCUT2D eigenvalue weighted by molar-refractivity contribution is 5.90. The maximum absolute atomic E-state index is 11.9. The fraction of sp³-hybridized carbons (Fsp3) is 0.727. The van der Waals surface area contributed by atoms with Crippen LogP contribution in [0.2, 0.25) is 0 Å². The third kappa shape index (κ3) is 9.94. The summed E-state index contributed by atoms with van der Waals surface area (Å²) in [6, 6.07) is 0. The third-order valence-electron chi connectivity index (χ3n) is 4.82. The fourth-order valence-electron chi connectivity index (χ4n) is 3.08. The van der Waals surface area contributed by atoms with Crippen LogP contribution in [0.1, 0.15) is 84.0 Å². The predicted octanol–water partition coefficient (Wildman–Crippen LogP) is 3.84. The first-order valence-electron chi connectivity index (χ1n) is 10.8. The molecule has 1 unspecified atom stereocenters. The molecule has 1 rings (SSSR count). The average molecular weight is 413 g/mol. The molecule has 0 aromatic heterocycles. The summed E-state index contributed by atoms with van der Waals surface area (Å²) in [5.74, 6) is -2.95. The first kappa shape index (κ1) is 25.2. The Labute approximate surface area is 173 Å². The molecule has 0 amide bonds. The maximum Gasteiger partial charge on any atom is 0.378 e. The minimum Gasteiger partial charge on any atom is -0.499 e. The Morgan fingerprint density at radius 2 is 1.66 bits per heavy atom.